The molecule has 3 aromatic carbocycles. The van der Waals surface area contributed by atoms with E-state index >= 15 is 0 Å². The molecular weight excluding hydrogens is 338 g/mol. The molecule has 0 aliphatic carbocycles. The first-order chi connectivity index (χ1) is 13.2. The molecule has 2 N–H and O–H groups in total. The summed E-state index contributed by atoms with van der Waals surface area (Å²) in [6.07, 6.45) is 0. The maximum Gasteiger partial charge on any atom is 0.153 e. The first-order valence-electron chi connectivity index (χ1n) is 8.36. The number of rotatable bonds is 4. The molecule has 0 saturated heterocycles. The largest absolute Gasteiger partial charge is 0.506 e. The van der Waals surface area contributed by atoms with Crippen molar-refractivity contribution in [3.05, 3.63) is 90.3 Å². The number of aliphatic hydroxyl groups is 1. The molecule has 0 aliphatic heterocycles. The Balaban J connectivity index is 1.65. The van der Waals surface area contributed by atoms with Crippen molar-refractivity contribution in [3.8, 4) is 17.6 Å². The number of benzene rings is 3. The second kappa shape index (κ2) is 7.06. The van der Waals surface area contributed by atoms with Gasteiger partial charge in [-0.2, -0.15) is 5.26 Å². The van der Waals surface area contributed by atoms with Crippen molar-refractivity contribution in [2.45, 2.75) is 0 Å². The first-order valence-corrected chi connectivity index (χ1v) is 8.36. The van der Waals surface area contributed by atoms with E-state index in [-0.39, 0.29) is 11.3 Å². The molecule has 4 rings (SSSR count). The molecule has 4 aromatic rings. The van der Waals surface area contributed by atoms with Gasteiger partial charge in [-0.25, -0.2) is 4.98 Å². The number of fused-ring (bicyclic) bond motifs is 1. The van der Waals surface area contributed by atoms with E-state index in [0.717, 1.165) is 16.8 Å². The Labute approximate surface area is 155 Å². The van der Waals surface area contributed by atoms with E-state index in [1.54, 1.807) is 24.3 Å². The number of para-hydroxylation sites is 3. The van der Waals surface area contributed by atoms with Crippen LogP contribution < -0.4 is 4.74 Å². The number of aromatic nitrogens is 2. The molecule has 27 heavy (non-hydrogen) atoms. The summed E-state index contributed by atoms with van der Waals surface area (Å²) in [7, 11) is 0. The lowest BCUT2D eigenvalue weighted by atomic mass is 10.1. The van der Waals surface area contributed by atoms with Crippen LogP contribution in [0, 0.1) is 11.3 Å². The fourth-order valence-electron chi connectivity index (χ4n) is 2.74. The van der Waals surface area contributed by atoms with Gasteiger partial charge in [0.25, 0.3) is 0 Å². The summed E-state index contributed by atoms with van der Waals surface area (Å²) < 4.78 is 5.74. The van der Waals surface area contributed by atoms with Crippen molar-refractivity contribution in [2.75, 3.05) is 0 Å². The van der Waals surface area contributed by atoms with Gasteiger partial charge in [-0.1, -0.05) is 30.3 Å². The minimum absolute atomic E-state index is 0.0860. The zero-order valence-electron chi connectivity index (χ0n) is 14.3. The van der Waals surface area contributed by atoms with Crippen molar-refractivity contribution in [1.82, 2.24) is 9.97 Å². The van der Waals surface area contributed by atoms with E-state index in [1.807, 2.05) is 60.7 Å². The summed E-state index contributed by atoms with van der Waals surface area (Å²) in [6.45, 7) is 0. The van der Waals surface area contributed by atoms with E-state index < -0.39 is 0 Å². The number of nitrogens with zero attached hydrogens (tertiary/aromatic N) is 2. The fourth-order valence-corrected chi connectivity index (χ4v) is 2.74. The van der Waals surface area contributed by atoms with Crippen LogP contribution in [0.15, 0.2) is 78.9 Å². The maximum atomic E-state index is 10.6. The normalized spacial score (nSPS) is 11.7. The molecule has 0 aliphatic rings. The lowest BCUT2D eigenvalue weighted by Gasteiger charge is -2.07. The van der Waals surface area contributed by atoms with Crippen LogP contribution >= 0.6 is 0 Å². The third-order valence-electron chi connectivity index (χ3n) is 4.08. The molecule has 1 heterocycles. The highest BCUT2D eigenvalue weighted by Crippen LogP contribution is 2.27. The molecule has 5 heteroatoms. The molecule has 1 aromatic heterocycles. The molecule has 0 radical (unpaired) electrons. The van der Waals surface area contributed by atoms with Crippen molar-refractivity contribution >= 4 is 22.4 Å². The van der Waals surface area contributed by atoms with Gasteiger partial charge in [0.15, 0.2) is 5.82 Å². The molecule has 0 unspecified atom stereocenters. The third kappa shape index (κ3) is 3.37. The number of H-pyrrole nitrogens is 1. The zero-order valence-corrected chi connectivity index (χ0v) is 14.3. The highest BCUT2D eigenvalue weighted by atomic mass is 16.5. The number of imidazole rings is 1. The van der Waals surface area contributed by atoms with E-state index in [9.17, 15) is 10.4 Å². The van der Waals surface area contributed by atoms with Crippen LogP contribution in [-0.2, 0) is 0 Å². The van der Waals surface area contributed by atoms with Crippen LogP contribution in [0.3, 0.4) is 0 Å². The van der Waals surface area contributed by atoms with Gasteiger partial charge in [0, 0.05) is 5.56 Å². The van der Waals surface area contributed by atoms with Crippen LogP contribution in [0.4, 0.5) is 0 Å². The second-order valence-electron chi connectivity index (χ2n) is 5.88. The average molecular weight is 353 g/mol. The molecule has 0 amide bonds. The van der Waals surface area contributed by atoms with Gasteiger partial charge in [-0.15, -0.1) is 0 Å². The summed E-state index contributed by atoms with van der Waals surface area (Å²) in [4.78, 5) is 7.45. The summed E-state index contributed by atoms with van der Waals surface area (Å²) >= 11 is 0. The SMILES string of the molecule is N#C/C(=C(/O)c1ccc(Oc2ccccc2)cc1)c1nc2ccccc2[nH]1. The monoisotopic (exact) mass is 353 g/mol. The summed E-state index contributed by atoms with van der Waals surface area (Å²) in [5.41, 5.74) is 2.13. The van der Waals surface area contributed by atoms with Gasteiger partial charge in [0.05, 0.1) is 11.0 Å². The number of hydrogen-bond acceptors (Lipinski definition) is 4. The van der Waals surface area contributed by atoms with E-state index in [0.29, 0.717) is 17.1 Å². The number of allylic oxidation sites excluding steroid dienone is 1. The molecule has 5 nitrogen and oxygen atoms in total. The van der Waals surface area contributed by atoms with Crippen molar-refractivity contribution < 1.29 is 9.84 Å². The number of aromatic amines is 1. The average Bonchev–Trinajstić information content (AvgIpc) is 3.13. The van der Waals surface area contributed by atoms with Gasteiger partial charge in [0.1, 0.15) is 28.9 Å². The van der Waals surface area contributed by atoms with E-state index in [4.69, 9.17) is 4.74 Å². The maximum absolute atomic E-state index is 10.6. The smallest absolute Gasteiger partial charge is 0.153 e. The van der Waals surface area contributed by atoms with Crippen molar-refractivity contribution in [1.29, 1.82) is 5.26 Å². The number of nitriles is 1. The molecule has 0 fully saturated rings. The zero-order chi connectivity index (χ0) is 18.6. The highest BCUT2D eigenvalue weighted by molar-refractivity contribution is 5.94. The standard InChI is InChI=1S/C22H15N3O2/c23-14-18(22-24-19-8-4-5-9-20(19)25-22)21(26)15-10-12-17(13-11-15)27-16-6-2-1-3-7-16/h1-13,26H,(H,24,25)/b21-18-. The quantitative estimate of drug-likeness (QED) is 0.385. The predicted molar refractivity (Wildman–Crippen MR) is 104 cm³/mol. The second-order valence-corrected chi connectivity index (χ2v) is 5.88. The van der Waals surface area contributed by atoms with E-state index in [2.05, 4.69) is 9.97 Å². The highest BCUT2D eigenvalue weighted by Gasteiger charge is 2.14. The number of hydrogen-bond donors (Lipinski definition) is 2. The Kier molecular flexibility index (Phi) is 4.30. The van der Waals surface area contributed by atoms with Gasteiger partial charge in [-0.3, -0.25) is 0 Å². The minimum atomic E-state index is -0.136. The lowest BCUT2D eigenvalue weighted by Crippen LogP contribution is -1.93. The van der Waals surface area contributed by atoms with Crippen LogP contribution in [0.1, 0.15) is 11.4 Å². The van der Waals surface area contributed by atoms with Crippen molar-refractivity contribution in [2.24, 2.45) is 0 Å². The Hall–Kier alpha value is -4.04. The Morgan fingerprint density at radius 2 is 1.56 bits per heavy atom. The topological polar surface area (TPSA) is 81.9 Å². The summed E-state index contributed by atoms with van der Waals surface area (Å²) in [5.74, 6) is 1.56. The van der Waals surface area contributed by atoms with Gasteiger partial charge in [0.2, 0.25) is 0 Å². The molecule has 0 spiro atoms. The predicted octanol–water partition coefficient (Wildman–Crippen LogP) is 5.31. The minimum Gasteiger partial charge on any atom is -0.506 e. The van der Waals surface area contributed by atoms with Crippen LogP contribution in [0.5, 0.6) is 11.5 Å². The molecule has 0 atom stereocenters. The molecule has 0 bridgehead atoms. The number of nitrogens with one attached hydrogen (secondary N) is 1. The van der Waals surface area contributed by atoms with Crippen LogP contribution in [0.25, 0.3) is 22.4 Å². The van der Waals surface area contributed by atoms with Gasteiger partial charge >= 0.3 is 0 Å². The number of ether oxygens (including phenoxy) is 1. The van der Waals surface area contributed by atoms with E-state index in [1.165, 1.54) is 0 Å². The Bertz CT molecular complexity index is 1120. The van der Waals surface area contributed by atoms with Gasteiger partial charge < -0.3 is 14.8 Å². The van der Waals surface area contributed by atoms with Crippen LogP contribution in [-0.4, -0.2) is 15.1 Å². The van der Waals surface area contributed by atoms with Crippen LogP contribution in [0.2, 0.25) is 0 Å². The summed E-state index contributed by atoms with van der Waals surface area (Å²) in [6, 6.07) is 25.8. The summed E-state index contributed by atoms with van der Waals surface area (Å²) in [5, 5.41) is 20.1. The third-order valence-corrected chi connectivity index (χ3v) is 4.08. The van der Waals surface area contributed by atoms with Gasteiger partial charge in [-0.05, 0) is 48.5 Å². The molecule has 0 saturated carbocycles. The first kappa shape index (κ1) is 16.4. The van der Waals surface area contributed by atoms with Crippen molar-refractivity contribution in [3.63, 3.8) is 0 Å². The lowest BCUT2D eigenvalue weighted by molar-refractivity contribution is 0.482. The molecule has 130 valence electrons. The molecular formula is C22H15N3O2. The number of aliphatic hydroxyl groups excluding tert-OH is 1. The Morgan fingerprint density at radius 3 is 2.26 bits per heavy atom. The fraction of sp³-hybridized carbons (Fsp3) is 0. The Morgan fingerprint density at radius 1 is 0.889 bits per heavy atom.